The fourth-order valence-corrected chi connectivity index (χ4v) is 1.24. The lowest BCUT2D eigenvalue weighted by atomic mass is 10.3. The van der Waals surface area contributed by atoms with Gasteiger partial charge < -0.3 is 5.32 Å². The number of rotatable bonds is 4. The minimum atomic E-state index is 0.713. The van der Waals surface area contributed by atoms with Gasteiger partial charge in [0.1, 0.15) is 0 Å². The van der Waals surface area contributed by atoms with E-state index in [1.165, 1.54) is 0 Å². The summed E-state index contributed by atoms with van der Waals surface area (Å²) in [5.41, 5.74) is 1.97. The summed E-state index contributed by atoms with van der Waals surface area (Å²) in [5, 5.41) is 3.25. The maximum absolute atomic E-state index is 4.21. The third-order valence-electron chi connectivity index (χ3n) is 1.96. The summed E-state index contributed by atoms with van der Waals surface area (Å²) in [4.78, 5) is 12.4. The van der Waals surface area contributed by atoms with E-state index in [0.29, 0.717) is 6.54 Å². The van der Waals surface area contributed by atoms with E-state index < -0.39 is 0 Å². The topological polar surface area (TPSA) is 50.7 Å². The van der Waals surface area contributed by atoms with E-state index in [0.717, 1.165) is 17.9 Å². The lowest BCUT2D eigenvalue weighted by molar-refractivity contribution is 0.665. The van der Waals surface area contributed by atoms with Crippen LogP contribution in [-0.4, -0.2) is 15.0 Å². The van der Waals surface area contributed by atoms with Crippen LogP contribution in [0.5, 0.6) is 0 Å². The molecule has 2 aromatic rings. The number of hydrogen-bond acceptors (Lipinski definition) is 4. The third-order valence-corrected chi connectivity index (χ3v) is 1.96. The minimum Gasteiger partial charge on any atom is -0.305 e. The summed E-state index contributed by atoms with van der Waals surface area (Å²) >= 11 is 0. The Bertz CT molecular complexity index is 348. The summed E-state index contributed by atoms with van der Waals surface area (Å²) in [7, 11) is 0. The molecule has 1 N–H and O–H groups in total. The van der Waals surface area contributed by atoms with Gasteiger partial charge in [-0.3, -0.25) is 15.0 Å². The molecule has 76 valence electrons. The molecule has 0 aliphatic heterocycles. The van der Waals surface area contributed by atoms with Gasteiger partial charge in [0.05, 0.1) is 11.4 Å². The van der Waals surface area contributed by atoms with E-state index in [1.807, 2.05) is 18.2 Å². The van der Waals surface area contributed by atoms with Gasteiger partial charge in [0.2, 0.25) is 0 Å². The maximum Gasteiger partial charge on any atom is 0.0724 e. The minimum absolute atomic E-state index is 0.713. The molecule has 0 aliphatic carbocycles. The van der Waals surface area contributed by atoms with Gasteiger partial charge in [-0.15, -0.1) is 0 Å². The molecule has 0 radical (unpaired) electrons. The average molecular weight is 200 g/mol. The highest BCUT2D eigenvalue weighted by Gasteiger charge is 1.94. The van der Waals surface area contributed by atoms with E-state index in [4.69, 9.17) is 0 Å². The second-order valence-corrected chi connectivity index (χ2v) is 3.12. The van der Waals surface area contributed by atoms with Crippen LogP contribution in [0.3, 0.4) is 0 Å². The quantitative estimate of drug-likeness (QED) is 0.804. The number of nitrogens with one attached hydrogen (secondary N) is 1. The second-order valence-electron chi connectivity index (χ2n) is 3.12. The molecule has 2 rings (SSSR count). The van der Waals surface area contributed by atoms with Crippen molar-refractivity contribution in [3.05, 3.63) is 54.4 Å². The molecule has 0 amide bonds. The number of pyridine rings is 1. The highest BCUT2D eigenvalue weighted by molar-refractivity contribution is 5.03. The summed E-state index contributed by atoms with van der Waals surface area (Å²) < 4.78 is 0. The van der Waals surface area contributed by atoms with Crippen molar-refractivity contribution in [2.75, 3.05) is 0 Å². The Balaban J connectivity index is 1.81. The molecular weight excluding hydrogens is 188 g/mol. The average Bonchev–Trinajstić information content (AvgIpc) is 2.32. The van der Waals surface area contributed by atoms with E-state index in [1.54, 1.807) is 24.8 Å². The van der Waals surface area contributed by atoms with Gasteiger partial charge >= 0.3 is 0 Å². The standard InChI is InChI=1S/C11H12N4/c1-2-4-14-10(3-1)7-13-9-11-8-12-5-6-15-11/h1-6,8,13H,7,9H2. The first kappa shape index (κ1) is 9.73. The maximum atomic E-state index is 4.21. The first-order chi connectivity index (χ1) is 7.45. The van der Waals surface area contributed by atoms with Crippen molar-refractivity contribution < 1.29 is 0 Å². The molecule has 0 bridgehead atoms. The highest BCUT2D eigenvalue weighted by Crippen LogP contribution is 1.94. The molecular formula is C11H12N4. The van der Waals surface area contributed by atoms with Crippen molar-refractivity contribution in [2.24, 2.45) is 0 Å². The number of aromatic nitrogens is 3. The Labute approximate surface area is 88.4 Å². The molecule has 4 heteroatoms. The van der Waals surface area contributed by atoms with Crippen LogP contribution in [0.15, 0.2) is 43.0 Å². The Morgan fingerprint density at radius 3 is 2.53 bits per heavy atom. The fourth-order valence-electron chi connectivity index (χ4n) is 1.24. The van der Waals surface area contributed by atoms with Gasteiger partial charge in [-0.2, -0.15) is 0 Å². The first-order valence-corrected chi connectivity index (χ1v) is 4.80. The Hall–Kier alpha value is -1.81. The van der Waals surface area contributed by atoms with Crippen LogP contribution in [0.25, 0.3) is 0 Å². The molecule has 15 heavy (non-hydrogen) atoms. The highest BCUT2D eigenvalue weighted by atomic mass is 14.9. The van der Waals surface area contributed by atoms with Gasteiger partial charge in [0, 0.05) is 37.9 Å². The lowest BCUT2D eigenvalue weighted by Crippen LogP contribution is -2.14. The van der Waals surface area contributed by atoms with Crippen molar-refractivity contribution in [2.45, 2.75) is 13.1 Å². The smallest absolute Gasteiger partial charge is 0.0724 e. The van der Waals surface area contributed by atoms with Crippen LogP contribution in [0.4, 0.5) is 0 Å². The van der Waals surface area contributed by atoms with Crippen LogP contribution < -0.4 is 5.32 Å². The van der Waals surface area contributed by atoms with Crippen molar-refractivity contribution in [3.8, 4) is 0 Å². The van der Waals surface area contributed by atoms with Crippen LogP contribution in [0, 0.1) is 0 Å². The molecule has 4 nitrogen and oxygen atoms in total. The zero-order valence-electron chi connectivity index (χ0n) is 8.30. The molecule has 0 atom stereocenters. The predicted octanol–water partition coefficient (Wildman–Crippen LogP) is 1.16. The van der Waals surface area contributed by atoms with Gasteiger partial charge in [-0.25, -0.2) is 0 Å². The SMILES string of the molecule is c1ccc(CNCc2cnccn2)nc1. The van der Waals surface area contributed by atoms with E-state index in [9.17, 15) is 0 Å². The molecule has 0 fully saturated rings. The second kappa shape index (κ2) is 5.17. The van der Waals surface area contributed by atoms with E-state index in [-0.39, 0.29) is 0 Å². The molecule has 0 aromatic carbocycles. The number of nitrogens with zero attached hydrogens (tertiary/aromatic N) is 3. The summed E-state index contributed by atoms with van der Waals surface area (Å²) in [6.07, 6.45) is 6.91. The molecule has 0 saturated heterocycles. The molecule has 0 saturated carbocycles. The summed E-state index contributed by atoms with van der Waals surface area (Å²) in [6.45, 7) is 1.46. The van der Waals surface area contributed by atoms with Crippen LogP contribution >= 0.6 is 0 Å². The van der Waals surface area contributed by atoms with Gasteiger partial charge in [0.25, 0.3) is 0 Å². The van der Waals surface area contributed by atoms with Crippen molar-refractivity contribution in [3.63, 3.8) is 0 Å². The largest absolute Gasteiger partial charge is 0.305 e. The summed E-state index contributed by atoms with van der Waals surface area (Å²) in [6, 6.07) is 5.88. The zero-order valence-corrected chi connectivity index (χ0v) is 8.30. The van der Waals surface area contributed by atoms with E-state index in [2.05, 4.69) is 20.3 Å². The Kier molecular flexibility index (Phi) is 3.35. The molecule has 0 spiro atoms. The number of hydrogen-bond donors (Lipinski definition) is 1. The summed E-state index contributed by atoms with van der Waals surface area (Å²) in [5.74, 6) is 0. The third kappa shape index (κ3) is 3.11. The molecule has 0 unspecified atom stereocenters. The van der Waals surface area contributed by atoms with Crippen molar-refractivity contribution >= 4 is 0 Å². The Morgan fingerprint density at radius 1 is 0.933 bits per heavy atom. The first-order valence-electron chi connectivity index (χ1n) is 4.80. The van der Waals surface area contributed by atoms with Gasteiger partial charge in [-0.05, 0) is 12.1 Å². The van der Waals surface area contributed by atoms with Crippen LogP contribution in [0.1, 0.15) is 11.4 Å². The predicted molar refractivity (Wildman–Crippen MR) is 56.8 cm³/mol. The van der Waals surface area contributed by atoms with Gasteiger partial charge in [-0.1, -0.05) is 6.07 Å². The Morgan fingerprint density at radius 2 is 1.80 bits per heavy atom. The molecule has 0 aliphatic rings. The monoisotopic (exact) mass is 200 g/mol. The fraction of sp³-hybridized carbons (Fsp3) is 0.182. The van der Waals surface area contributed by atoms with Crippen molar-refractivity contribution in [1.29, 1.82) is 0 Å². The zero-order chi connectivity index (χ0) is 10.3. The molecule has 2 aromatic heterocycles. The normalized spacial score (nSPS) is 10.1. The van der Waals surface area contributed by atoms with Crippen molar-refractivity contribution in [1.82, 2.24) is 20.3 Å². The van der Waals surface area contributed by atoms with Crippen LogP contribution in [-0.2, 0) is 13.1 Å². The molecule has 2 heterocycles. The lowest BCUT2D eigenvalue weighted by Gasteiger charge is -2.02. The van der Waals surface area contributed by atoms with Crippen LogP contribution in [0.2, 0.25) is 0 Å². The van der Waals surface area contributed by atoms with E-state index >= 15 is 0 Å². The van der Waals surface area contributed by atoms with Gasteiger partial charge in [0.15, 0.2) is 0 Å².